The summed E-state index contributed by atoms with van der Waals surface area (Å²) < 4.78 is 39.5. The fourth-order valence-corrected chi connectivity index (χ4v) is 2.90. The lowest BCUT2D eigenvalue weighted by Gasteiger charge is -2.28. The molecule has 0 aromatic heterocycles. The largest absolute Gasteiger partial charge is 0.405 e. The third-order valence-corrected chi connectivity index (χ3v) is 4.19. The van der Waals surface area contributed by atoms with Crippen LogP contribution in [0.5, 0.6) is 0 Å². The van der Waals surface area contributed by atoms with Gasteiger partial charge in [0.1, 0.15) is 6.04 Å². The van der Waals surface area contributed by atoms with Gasteiger partial charge in [-0.3, -0.25) is 10.2 Å². The van der Waals surface area contributed by atoms with E-state index in [1.165, 1.54) is 11.1 Å². The van der Waals surface area contributed by atoms with Gasteiger partial charge in [0.05, 0.1) is 0 Å². The molecular formula is C17H23F3N2O. The Morgan fingerprint density at radius 2 is 2.00 bits per heavy atom. The molecule has 0 saturated carbocycles. The lowest BCUT2D eigenvalue weighted by atomic mass is 10.0. The van der Waals surface area contributed by atoms with E-state index in [1.54, 1.807) is 0 Å². The van der Waals surface area contributed by atoms with E-state index in [0.717, 1.165) is 17.9 Å². The first-order valence-electron chi connectivity index (χ1n) is 8.11. The predicted molar refractivity (Wildman–Crippen MR) is 82.7 cm³/mol. The summed E-state index contributed by atoms with van der Waals surface area (Å²) in [7, 11) is 0. The van der Waals surface area contributed by atoms with Crippen LogP contribution in [0.1, 0.15) is 43.7 Å². The molecule has 1 fully saturated rings. The quantitative estimate of drug-likeness (QED) is 0.775. The second-order valence-electron chi connectivity index (χ2n) is 5.96. The Hall–Kier alpha value is -1.56. The minimum absolute atomic E-state index is 0.0112. The number of hydrazine groups is 1. The summed E-state index contributed by atoms with van der Waals surface area (Å²) >= 11 is 0. The second kappa shape index (κ2) is 7.81. The van der Waals surface area contributed by atoms with Crippen molar-refractivity contribution in [3.05, 3.63) is 35.4 Å². The highest BCUT2D eigenvalue weighted by molar-refractivity contribution is 5.77. The molecule has 1 unspecified atom stereocenters. The predicted octanol–water partition coefficient (Wildman–Crippen LogP) is 3.63. The van der Waals surface area contributed by atoms with Crippen molar-refractivity contribution in [3.8, 4) is 0 Å². The van der Waals surface area contributed by atoms with Gasteiger partial charge in [0.15, 0.2) is 0 Å². The lowest BCUT2D eigenvalue weighted by Crippen LogP contribution is -2.49. The smallest absolute Gasteiger partial charge is 0.288 e. The van der Waals surface area contributed by atoms with Crippen molar-refractivity contribution < 1.29 is 18.0 Å². The van der Waals surface area contributed by atoms with Gasteiger partial charge in [-0.1, -0.05) is 37.6 Å². The van der Waals surface area contributed by atoms with Gasteiger partial charge in [0.2, 0.25) is 5.91 Å². The summed E-state index contributed by atoms with van der Waals surface area (Å²) in [5.74, 6) is -0.337. The molecule has 0 aliphatic carbocycles. The second-order valence-corrected chi connectivity index (χ2v) is 5.96. The Morgan fingerprint density at radius 1 is 1.26 bits per heavy atom. The Morgan fingerprint density at radius 3 is 2.61 bits per heavy atom. The number of amides is 1. The standard InChI is InChI=1S/C17H23F3N2O/c1-2-13-7-5-8-14(12-13)6-3-4-9-15(17(18,19)20)22-11-10-16(23)21-22/h5,7-8,12,15H,2-4,6,9-11H2,1H3,(H,21,23). The van der Waals surface area contributed by atoms with Crippen LogP contribution in [0.4, 0.5) is 13.2 Å². The van der Waals surface area contributed by atoms with Gasteiger partial charge in [-0.25, -0.2) is 5.01 Å². The van der Waals surface area contributed by atoms with Crippen molar-refractivity contribution in [1.82, 2.24) is 10.4 Å². The Kier molecular flexibility index (Phi) is 6.04. The molecule has 1 aliphatic heterocycles. The van der Waals surface area contributed by atoms with Crippen molar-refractivity contribution >= 4 is 5.91 Å². The SMILES string of the molecule is CCc1cccc(CCCCC(N2CCC(=O)N2)C(F)(F)F)c1. The van der Waals surface area contributed by atoms with Crippen LogP contribution in [0.25, 0.3) is 0 Å². The van der Waals surface area contributed by atoms with Crippen LogP contribution < -0.4 is 5.43 Å². The van der Waals surface area contributed by atoms with E-state index < -0.39 is 12.2 Å². The van der Waals surface area contributed by atoms with Crippen LogP contribution in [0.3, 0.4) is 0 Å². The van der Waals surface area contributed by atoms with Gasteiger partial charge in [-0.05, 0) is 36.8 Å². The van der Waals surface area contributed by atoms with Gasteiger partial charge < -0.3 is 0 Å². The summed E-state index contributed by atoms with van der Waals surface area (Å²) in [4.78, 5) is 11.1. The van der Waals surface area contributed by atoms with Crippen LogP contribution in [0, 0.1) is 0 Å². The zero-order valence-corrected chi connectivity index (χ0v) is 13.3. The average molecular weight is 328 g/mol. The molecule has 1 amide bonds. The van der Waals surface area contributed by atoms with Crippen molar-refractivity contribution in [2.45, 2.75) is 57.7 Å². The van der Waals surface area contributed by atoms with Crippen molar-refractivity contribution in [2.24, 2.45) is 0 Å². The number of carbonyl (C=O) groups excluding carboxylic acids is 1. The molecular weight excluding hydrogens is 305 g/mol. The molecule has 0 bridgehead atoms. The molecule has 1 aromatic rings. The lowest BCUT2D eigenvalue weighted by molar-refractivity contribution is -0.190. The number of aryl methyl sites for hydroxylation is 2. The number of benzene rings is 1. The summed E-state index contributed by atoms with van der Waals surface area (Å²) in [6.45, 7) is 2.21. The van der Waals surface area contributed by atoms with E-state index in [-0.39, 0.29) is 25.3 Å². The van der Waals surface area contributed by atoms with Crippen LogP contribution in [0.2, 0.25) is 0 Å². The minimum atomic E-state index is -4.32. The molecule has 1 N–H and O–H groups in total. The first kappa shape index (κ1) is 17.8. The molecule has 1 heterocycles. The minimum Gasteiger partial charge on any atom is -0.288 e. The summed E-state index contributed by atoms with van der Waals surface area (Å²) in [6.07, 6.45) is -1.24. The number of alkyl halides is 3. The fourth-order valence-electron chi connectivity index (χ4n) is 2.90. The number of unbranched alkanes of at least 4 members (excludes halogenated alkanes) is 1. The monoisotopic (exact) mass is 328 g/mol. The van der Waals surface area contributed by atoms with E-state index >= 15 is 0 Å². The van der Waals surface area contributed by atoms with Gasteiger partial charge in [0, 0.05) is 13.0 Å². The van der Waals surface area contributed by atoms with Crippen molar-refractivity contribution in [2.75, 3.05) is 6.54 Å². The van der Waals surface area contributed by atoms with Crippen molar-refractivity contribution in [1.29, 1.82) is 0 Å². The van der Waals surface area contributed by atoms with Crippen LogP contribution in [-0.4, -0.2) is 29.7 Å². The first-order chi connectivity index (χ1) is 10.9. The van der Waals surface area contributed by atoms with E-state index in [2.05, 4.69) is 24.5 Å². The summed E-state index contributed by atoms with van der Waals surface area (Å²) in [5.41, 5.74) is 4.72. The average Bonchev–Trinajstić information content (AvgIpc) is 2.92. The molecule has 0 radical (unpaired) electrons. The van der Waals surface area contributed by atoms with Crippen molar-refractivity contribution in [3.63, 3.8) is 0 Å². The number of hydrogen-bond acceptors (Lipinski definition) is 2. The van der Waals surface area contributed by atoms with E-state index in [1.807, 2.05) is 12.1 Å². The molecule has 2 rings (SSSR count). The third kappa shape index (κ3) is 5.23. The third-order valence-electron chi connectivity index (χ3n) is 4.19. The zero-order chi connectivity index (χ0) is 16.9. The van der Waals surface area contributed by atoms with Gasteiger partial charge >= 0.3 is 6.18 Å². The Bertz CT molecular complexity index is 531. The number of carbonyl (C=O) groups is 1. The zero-order valence-electron chi connectivity index (χ0n) is 13.3. The maximum absolute atomic E-state index is 13.2. The van der Waals surface area contributed by atoms with Crippen LogP contribution in [-0.2, 0) is 17.6 Å². The highest BCUT2D eigenvalue weighted by Crippen LogP contribution is 2.29. The normalized spacial score (nSPS) is 17.3. The highest BCUT2D eigenvalue weighted by atomic mass is 19.4. The Labute approximate surface area is 134 Å². The maximum Gasteiger partial charge on any atom is 0.405 e. The van der Waals surface area contributed by atoms with E-state index in [0.29, 0.717) is 12.8 Å². The highest BCUT2D eigenvalue weighted by Gasteiger charge is 2.45. The van der Waals surface area contributed by atoms with Crippen LogP contribution >= 0.6 is 0 Å². The maximum atomic E-state index is 13.2. The Balaban J connectivity index is 1.83. The number of halogens is 3. The number of rotatable bonds is 7. The fraction of sp³-hybridized carbons (Fsp3) is 0.588. The molecule has 1 saturated heterocycles. The van der Waals surface area contributed by atoms with Gasteiger partial charge in [-0.2, -0.15) is 13.2 Å². The molecule has 6 heteroatoms. The molecule has 1 atom stereocenters. The molecule has 128 valence electrons. The molecule has 1 aromatic carbocycles. The molecule has 1 aliphatic rings. The number of nitrogens with one attached hydrogen (secondary N) is 1. The molecule has 0 spiro atoms. The van der Waals surface area contributed by atoms with E-state index in [9.17, 15) is 18.0 Å². The number of nitrogens with zero attached hydrogens (tertiary/aromatic N) is 1. The topological polar surface area (TPSA) is 32.3 Å². The van der Waals surface area contributed by atoms with Gasteiger partial charge in [0.25, 0.3) is 0 Å². The summed E-state index contributed by atoms with van der Waals surface area (Å²) in [6, 6.07) is 6.59. The molecule has 23 heavy (non-hydrogen) atoms. The van der Waals surface area contributed by atoms with Crippen LogP contribution in [0.15, 0.2) is 24.3 Å². The van der Waals surface area contributed by atoms with Gasteiger partial charge in [-0.15, -0.1) is 0 Å². The van der Waals surface area contributed by atoms with E-state index in [4.69, 9.17) is 0 Å². The first-order valence-corrected chi connectivity index (χ1v) is 8.11. The number of hydrogen-bond donors (Lipinski definition) is 1. The summed E-state index contributed by atoms with van der Waals surface area (Å²) in [5, 5.41) is 1.04. The molecule has 3 nitrogen and oxygen atoms in total.